The molecule has 5 nitrogen and oxygen atoms in total. The van der Waals surface area contributed by atoms with Crippen molar-refractivity contribution in [1.82, 2.24) is 15.3 Å². The van der Waals surface area contributed by atoms with Crippen LogP contribution in [0.2, 0.25) is 10.0 Å². The van der Waals surface area contributed by atoms with Crippen LogP contribution >= 0.6 is 23.2 Å². The van der Waals surface area contributed by atoms with Crippen LogP contribution in [0.1, 0.15) is 16.1 Å². The second-order valence-electron chi connectivity index (χ2n) is 5.43. The number of halogens is 2. The fourth-order valence-corrected chi connectivity index (χ4v) is 2.62. The van der Waals surface area contributed by atoms with Gasteiger partial charge in [0.15, 0.2) is 0 Å². The van der Waals surface area contributed by atoms with Gasteiger partial charge in [0.2, 0.25) is 0 Å². The fraction of sp³-hybridized carbons (Fsp3) is 0.105. The van der Waals surface area contributed by atoms with Crippen molar-refractivity contribution in [3.05, 3.63) is 76.2 Å². The lowest BCUT2D eigenvalue weighted by atomic mass is 10.1. The van der Waals surface area contributed by atoms with Gasteiger partial charge in [-0.05, 0) is 48.5 Å². The quantitative estimate of drug-likeness (QED) is 0.704. The number of methoxy groups -OCH3 is 1. The predicted octanol–water partition coefficient (Wildman–Crippen LogP) is 4.39. The first-order valence-corrected chi connectivity index (χ1v) is 8.51. The molecule has 1 amide bonds. The largest absolute Gasteiger partial charge is 0.497 e. The van der Waals surface area contributed by atoms with Crippen molar-refractivity contribution in [1.29, 1.82) is 0 Å². The summed E-state index contributed by atoms with van der Waals surface area (Å²) in [7, 11) is 1.62. The van der Waals surface area contributed by atoms with Gasteiger partial charge < -0.3 is 10.1 Å². The number of hydrogen-bond donors (Lipinski definition) is 1. The number of benzene rings is 2. The van der Waals surface area contributed by atoms with Gasteiger partial charge in [0.05, 0.1) is 35.1 Å². The smallest absolute Gasteiger partial charge is 0.251 e. The number of aromatic nitrogens is 2. The molecule has 3 aromatic rings. The molecule has 0 aliphatic carbocycles. The summed E-state index contributed by atoms with van der Waals surface area (Å²) in [6.07, 6.45) is 1.47. The average molecular weight is 388 g/mol. The molecule has 1 heterocycles. The van der Waals surface area contributed by atoms with E-state index in [1.165, 1.54) is 12.4 Å². The van der Waals surface area contributed by atoms with E-state index < -0.39 is 0 Å². The fourth-order valence-electron chi connectivity index (χ4n) is 2.32. The summed E-state index contributed by atoms with van der Waals surface area (Å²) in [5.41, 5.74) is 2.83. The van der Waals surface area contributed by atoms with Crippen LogP contribution in [0.3, 0.4) is 0 Å². The van der Waals surface area contributed by atoms with E-state index in [9.17, 15) is 4.79 Å². The van der Waals surface area contributed by atoms with Gasteiger partial charge in [-0.1, -0.05) is 23.2 Å². The Balaban J connectivity index is 1.70. The molecule has 0 bridgehead atoms. The van der Waals surface area contributed by atoms with E-state index in [2.05, 4.69) is 15.3 Å². The van der Waals surface area contributed by atoms with Crippen molar-refractivity contribution >= 4 is 29.1 Å². The Morgan fingerprint density at radius 3 is 2.50 bits per heavy atom. The molecular formula is C19H15Cl2N3O2. The van der Waals surface area contributed by atoms with Crippen LogP contribution in [0.25, 0.3) is 11.3 Å². The molecule has 132 valence electrons. The molecular weight excluding hydrogens is 373 g/mol. The molecule has 0 saturated carbocycles. The molecule has 0 atom stereocenters. The summed E-state index contributed by atoms with van der Waals surface area (Å²) >= 11 is 11.8. The first-order valence-electron chi connectivity index (χ1n) is 7.75. The monoisotopic (exact) mass is 387 g/mol. The zero-order valence-electron chi connectivity index (χ0n) is 13.9. The minimum atomic E-state index is -0.256. The highest BCUT2D eigenvalue weighted by Crippen LogP contribution is 2.23. The average Bonchev–Trinajstić information content (AvgIpc) is 2.68. The van der Waals surface area contributed by atoms with Crippen molar-refractivity contribution in [2.45, 2.75) is 6.54 Å². The summed E-state index contributed by atoms with van der Waals surface area (Å²) in [6.45, 7) is 0.269. The van der Waals surface area contributed by atoms with Crippen LogP contribution in [0.4, 0.5) is 0 Å². The van der Waals surface area contributed by atoms with Gasteiger partial charge in [0.1, 0.15) is 12.1 Å². The van der Waals surface area contributed by atoms with Gasteiger partial charge in [-0.2, -0.15) is 0 Å². The van der Waals surface area contributed by atoms with E-state index >= 15 is 0 Å². The van der Waals surface area contributed by atoms with E-state index in [4.69, 9.17) is 27.9 Å². The lowest BCUT2D eigenvalue weighted by Crippen LogP contribution is -2.23. The standard InChI is InChI=1S/C19H15Cl2N3O2/c1-26-15-5-2-12(3-6-15)18-9-14(23-11-24-18)10-22-19(25)13-4-7-16(20)17(21)8-13/h2-9,11H,10H2,1H3,(H,22,25). The molecule has 3 rings (SSSR count). The molecule has 0 radical (unpaired) electrons. The van der Waals surface area contributed by atoms with E-state index in [1.54, 1.807) is 19.2 Å². The second kappa shape index (κ2) is 8.17. The summed E-state index contributed by atoms with van der Waals surface area (Å²) in [5, 5.41) is 3.55. The summed E-state index contributed by atoms with van der Waals surface area (Å²) < 4.78 is 5.15. The van der Waals surface area contributed by atoms with Gasteiger partial charge in [-0.15, -0.1) is 0 Å². The van der Waals surface area contributed by atoms with Crippen LogP contribution < -0.4 is 10.1 Å². The van der Waals surface area contributed by atoms with Crippen LogP contribution in [-0.2, 0) is 6.54 Å². The number of rotatable bonds is 5. The zero-order chi connectivity index (χ0) is 18.5. The predicted molar refractivity (Wildman–Crippen MR) is 102 cm³/mol. The highest BCUT2D eigenvalue weighted by Gasteiger charge is 2.09. The van der Waals surface area contributed by atoms with Gasteiger partial charge in [0.25, 0.3) is 5.91 Å². The Morgan fingerprint density at radius 1 is 1.04 bits per heavy atom. The summed E-state index contributed by atoms with van der Waals surface area (Å²) in [6, 6.07) is 14.1. The van der Waals surface area contributed by atoms with Gasteiger partial charge in [-0.25, -0.2) is 9.97 Å². The minimum absolute atomic E-state index is 0.256. The zero-order valence-corrected chi connectivity index (χ0v) is 15.4. The third-order valence-corrected chi connectivity index (χ3v) is 4.46. The van der Waals surface area contributed by atoms with Gasteiger partial charge in [0, 0.05) is 11.1 Å². The van der Waals surface area contributed by atoms with Crippen molar-refractivity contribution < 1.29 is 9.53 Å². The molecule has 1 N–H and O–H groups in total. The second-order valence-corrected chi connectivity index (χ2v) is 6.25. The first-order chi connectivity index (χ1) is 12.6. The van der Waals surface area contributed by atoms with E-state index in [-0.39, 0.29) is 12.5 Å². The minimum Gasteiger partial charge on any atom is -0.497 e. The molecule has 0 fully saturated rings. The Kier molecular flexibility index (Phi) is 5.71. The van der Waals surface area contributed by atoms with E-state index in [1.807, 2.05) is 30.3 Å². The van der Waals surface area contributed by atoms with Crippen molar-refractivity contribution in [3.63, 3.8) is 0 Å². The van der Waals surface area contributed by atoms with Crippen LogP contribution in [0, 0.1) is 0 Å². The number of carbonyl (C=O) groups is 1. The topological polar surface area (TPSA) is 64.1 Å². The Morgan fingerprint density at radius 2 is 1.81 bits per heavy atom. The lowest BCUT2D eigenvalue weighted by Gasteiger charge is -2.07. The van der Waals surface area contributed by atoms with Crippen molar-refractivity contribution in [3.8, 4) is 17.0 Å². The number of hydrogen-bond acceptors (Lipinski definition) is 4. The Hall–Kier alpha value is -2.63. The highest BCUT2D eigenvalue weighted by atomic mass is 35.5. The maximum absolute atomic E-state index is 12.2. The molecule has 2 aromatic carbocycles. The Bertz CT molecular complexity index is 930. The van der Waals surface area contributed by atoms with Crippen LogP contribution in [-0.4, -0.2) is 23.0 Å². The molecule has 0 saturated heterocycles. The molecule has 0 aliphatic heterocycles. The maximum Gasteiger partial charge on any atom is 0.251 e. The number of nitrogens with one attached hydrogen (secondary N) is 1. The SMILES string of the molecule is COc1ccc(-c2cc(CNC(=O)c3ccc(Cl)c(Cl)c3)ncn2)cc1. The number of nitrogens with zero attached hydrogens (tertiary/aromatic N) is 2. The highest BCUT2D eigenvalue weighted by molar-refractivity contribution is 6.42. The number of ether oxygens (including phenoxy) is 1. The van der Waals surface area contributed by atoms with E-state index in [0.29, 0.717) is 21.3 Å². The van der Waals surface area contributed by atoms with E-state index in [0.717, 1.165) is 17.0 Å². The van der Waals surface area contributed by atoms with Gasteiger partial charge in [-0.3, -0.25) is 4.79 Å². The summed E-state index contributed by atoms with van der Waals surface area (Å²) in [4.78, 5) is 20.7. The normalized spacial score (nSPS) is 10.4. The van der Waals surface area contributed by atoms with Crippen LogP contribution in [0.5, 0.6) is 5.75 Å². The number of carbonyl (C=O) groups excluding carboxylic acids is 1. The molecule has 0 unspecified atom stereocenters. The number of amides is 1. The molecule has 0 spiro atoms. The third kappa shape index (κ3) is 4.31. The van der Waals surface area contributed by atoms with Crippen LogP contribution in [0.15, 0.2) is 54.9 Å². The molecule has 1 aromatic heterocycles. The molecule has 7 heteroatoms. The third-order valence-electron chi connectivity index (χ3n) is 3.72. The van der Waals surface area contributed by atoms with Gasteiger partial charge >= 0.3 is 0 Å². The lowest BCUT2D eigenvalue weighted by molar-refractivity contribution is 0.0950. The first kappa shape index (κ1) is 18.2. The molecule has 0 aliphatic rings. The Labute approximate surface area is 161 Å². The van der Waals surface area contributed by atoms with Crippen molar-refractivity contribution in [2.75, 3.05) is 7.11 Å². The summed E-state index contributed by atoms with van der Waals surface area (Å²) in [5.74, 6) is 0.519. The maximum atomic E-state index is 12.2. The van der Waals surface area contributed by atoms with Crippen molar-refractivity contribution in [2.24, 2.45) is 0 Å². The molecule has 26 heavy (non-hydrogen) atoms.